The molecule has 0 bridgehead atoms. The molecule has 0 saturated carbocycles. The summed E-state index contributed by atoms with van der Waals surface area (Å²) in [6.45, 7) is 8.01. The molecule has 34 heavy (non-hydrogen) atoms. The van der Waals surface area contributed by atoms with Gasteiger partial charge in [0.25, 0.3) is 0 Å². The number of ether oxygens (including phenoxy) is 1. The van der Waals surface area contributed by atoms with Gasteiger partial charge in [-0.2, -0.15) is 0 Å². The number of piperidine rings is 1. The number of hydrogen-bond acceptors (Lipinski definition) is 3. The van der Waals surface area contributed by atoms with Gasteiger partial charge in [0.05, 0.1) is 5.56 Å². The van der Waals surface area contributed by atoms with E-state index in [1.165, 1.54) is 6.07 Å². The Morgan fingerprint density at radius 3 is 2.50 bits per heavy atom. The molecule has 1 aromatic heterocycles. The molecule has 0 atom stereocenters. The molecule has 0 radical (unpaired) electrons. The van der Waals surface area contributed by atoms with Gasteiger partial charge in [-0.05, 0) is 92.8 Å². The monoisotopic (exact) mass is 482 g/mol. The van der Waals surface area contributed by atoms with Crippen LogP contribution in [0.1, 0.15) is 55.1 Å². The molecule has 3 aromatic rings. The Kier molecular flexibility index (Phi) is 6.89. The Hall–Kier alpha value is -2.99. The third-order valence-corrected chi connectivity index (χ3v) is 6.49. The quantitative estimate of drug-likeness (QED) is 0.467. The number of likely N-dealkylation sites (tertiary alicyclic amines) is 1. The molecular weight excluding hydrogens is 452 g/mol. The highest BCUT2D eigenvalue weighted by Crippen LogP contribution is 2.26. The van der Waals surface area contributed by atoms with Crippen molar-refractivity contribution in [1.82, 2.24) is 9.47 Å². The lowest BCUT2D eigenvalue weighted by molar-refractivity contribution is 0.0178. The lowest BCUT2D eigenvalue weighted by atomic mass is 9.96. The Balaban J connectivity index is 1.41. The second-order valence-corrected chi connectivity index (χ2v) is 10.5. The third-order valence-electron chi connectivity index (χ3n) is 6.25. The van der Waals surface area contributed by atoms with E-state index in [1.54, 1.807) is 12.1 Å². The normalized spacial score (nSPS) is 15.0. The molecule has 1 amide bonds. The minimum atomic E-state index is -0.970. The predicted octanol–water partition coefficient (Wildman–Crippen LogP) is 6.23. The van der Waals surface area contributed by atoms with E-state index in [0.717, 1.165) is 54.5 Å². The fourth-order valence-electron chi connectivity index (χ4n) is 4.54. The van der Waals surface area contributed by atoms with Crippen LogP contribution in [0.15, 0.2) is 48.7 Å². The molecule has 1 fully saturated rings. The van der Waals surface area contributed by atoms with E-state index in [9.17, 15) is 14.7 Å². The molecule has 0 unspecified atom stereocenters. The van der Waals surface area contributed by atoms with Gasteiger partial charge in [-0.3, -0.25) is 0 Å². The van der Waals surface area contributed by atoms with Crippen LogP contribution in [0.4, 0.5) is 4.79 Å². The number of hydrogen-bond donors (Lipinski definition) is 1. The number of fused-ring (bicyclic) bond motifs is 1. The Morgan fingerprint density at radius 2 is 1.82 bits per heavy atom. The zero-order chi connectivity index (χ0) is 24.5. The Morgan fingerprint density at radius 1 is 1.09 bits per heavy atom. The van der Waals surface area contributed by atoms with Crippen LogP contribution >= 0.6 is 11.6 Å². The van der Waals surface area contributed by atoms with Gasteiger partial charge in [-0.15, -0.1) is 0 Å². The zero-order valence-electron chi connectivity index (χ0n) is 19.9. The van der Waals surface area contributed by atoms with Gasteiger partial charge in [-0.1, -0.05) is 23.7 Å². The number of carbonyl (C=O) groups excluding carboxylic acids is 1. The number of amides is 1. The van der Waals surface area contributed by atoms with E-state index in [0.29, 0.717) is 17.4 Å². The van der Waals surface area contributed by atoms with Crippen molar-refractivity contribution >= 4 is 34.6 Å². The van der Waals surface area contributed by atoms with Crippen LogP contribution in [0.25, 0.3) is 10.9 Å². The second kappa shape index (κ2) is 9.71. The number of rotatable bonds is 5. The highest BCUT2D eigenvalue weighted by molar-refractivity contribution is 6.31. The van der Waals surface area contributed by atoms with Crippen LogP contribution in [0, 0.1) is 5.92 Å². The first-order valence-corrected chi connectivity index (χ1v) is 12.0. The minimum absolute atomic E-state index is 0.225. The average molecular weight is 483 g/mol. The maximum absolute atomic E-state index is 12.3. The maximum Gasteiger partial charge on any atom is 0.410 e. The molecule has 7 heteroatoms. The number of carbonyl (C=O) groups is 2. The van der Waals surface area contributed by atoms with E-state index < -0.39 is 11.6 Å². The van der Waals surface area contributed by atoms with E-state index in [1.807, 2.05) is 25.7 Å². The van der Waals surface area contributed by atoms with Crippen molar-refractivity contribution in [3.8, 4) is 0 Å². The summed E-state index contributed by atoms with van der Waals surface area (Å²) >= 11 is 5.98. The molecule has 180 valence electrons. The largest absolute Gasteiger partial charge is 0.478 e. The SMILES string of the molecule is CC(C)(C)OC(=O)N1CCC(Cn2ccc3cc(Cc4ccc(Cl)cc4C(=O)O)ccc32)CC1. The molecule has 0 spiro atoms. The summed E-state index contributed by atoms with van der Waals surface area (Å²) in [7, 11) is 0. The molecule has 1 saturated heterocycles. The molecule has 0 aliphatic carbocycles. The van der Waals surface area contributed by atoms with Crippen LogP contribution in [0.5, 0.6) is 0 Å². The molecule has 2 heterocycles. The van der Waals surface area contributed by atoms with Gasteiger partial charge in [0.1, 0.15) is 5.60 Å². The molecule has 2 aromatic carbocycles. The fourth-order valence-corrected chi connectivity index (χ4v) is 4.72. The van der Waals surface area contributed by atoms with Crippen molar-refractivity contribution in [2.75, 3.05) is 13.1 Å². The zero-order valence-corrected chi connectivity index (χ0v) is 20.6. The number of carboxylic acid groups (broad SMARTS) is 1. The number of aromatic carboxylic acids is 1. The maximum atomic E-state index is 12.3. The topological polar surface area (TPSA) is 71.8 Å². The van der Waals surface area contributed by atoms with Crippen molar-refractivity contribution in [2.45, 2.75) is 52.2 Å². The van der Waals surface area contributed by atoms with Gasteiger partial charge in [0.15, 0.2) is 0 Å². The summed E-state index contributed by atoms with van der Waals surface area (Å²) in [6, 6.07) is 13.4. The molecule has 6 nitrogen and oxygen atoms in total. The van der Waals surface area contributed by atoms with Crippen molar-refractivity contribution in [2.24, 2.45) is 5.92 Å². The van der Waals surface area contributed by atoms with Crippen LogP contribution in [0.3, 0.4) is 0 Å². The van der Waals surface area contributed by atoms with Crippen molar-refractivity contribution in [1.29, 1.82) is 0 Å². The first-order chi connectivity index (χ1) is 16.1. The molecule has 1 aliphatic rings. The average Bonchev–Trinajstić information content (AvgIpc) is 3.16. The van der Waals surface area contributed by atoms with Gasteiger partial charge in [-0.25, -0.2) is 9.59 Å². The fraction of sp³-hybridized carbons (Fsp3) is 0.407. The first-order valence-electron chi connectivity index (χ1n) is 11.7. The van der Waals surface area contributed by atoms with E-state index in [-0.39, 0.29) is 11.7 Å². The van der Waals surface area contributed by atoms with Crippen LogP contribution in [-0.4, -0.2) is 45.3 Å². The van der Waals surface area contributed by atoms with Gasteiger partial charge >= 0.3 is 12.1 Å². The number of carboxylic acids is 1. The molecule has 1 N–H and O–H groups in total. The van der Waals surface area contributed by atoms with Crippen molar-refractivity contribution < 1.29 is 19.4 Å². The highest BCUT2D eigenvalue weighted by atomic mass is 35.5. The lowest BCUT2D eigenvalue weighted by Crippen LogP contribution is -2.42. The summed E-state index contributed by atoms with van der Waals surface area (Å²) < 4.78 is 7.77. The summed E-state index contributed by atoms with van der Waals surface area (Å²) in [5.41, 5.74) is 2.73. The number of halogens is 1. The number of benzene rings is 2. The minimum Gasteiger partial charge on any atom is -0.478 e. The molecule has 1 aliphatic heterocycles. The van der Waals surface area contributed by atoms with Gasteiger partial charge < -0.3 is 19.3 Å². The Labute approximate surface area is 205 Å². The number of aromatic nitrogens is 1. The predicted molar refractivity (Wildman–Crippen MR) is 134 cm³/mol. The summed E-state index contributed by atoms with van der Waals surface area (Å²) in [5, 5.41) is 11.1. The van der Waals surface area contributed by atoms with E-state index in [4.69, 9.17) is 16.3 Å². The standard InChI is InChI=1S/C27H31ClN2O4/c1-27(2,3)34-26(33)29-11-8-18(9-12-29)17-30-13-10-21-15-19(4-7-24(21)30)14-20-5-6-22(28)16-23(20)25(31)32/h4-7,10,13,15-16,18H,8-9,11-12,14,17H2,1-3H3,(H,31,32). The second-order valence-electron chi connectivity index (χ2n) is 10.1. The summed E-state index contributed by atoms with van der Waals surface area (Å²) in [4.78, 5) is 25.7. The molecule has 4 rings (SSSR count). The van der Waals surface area contributed by atoms with Crippen molar-refractivity contribution in [3.05, 3.63) is 70.4 Å². The first kappa shape index (κ1) is 24.1. The van der Waals surface area contributed by atoms with Crippen LogP contribution in [0.2, 0.25) is 5.02 Å². The smallest absolute Gasteiger partial charge is 0.410 e. The van der Waals surface area contributed by atoms with E-state index >= 15 is 0 Å². The third kappa shape index (κ3) is 5.73. The Bertz CT molecular complexity index is 1200. The lowest BCUT2D eigenvalue weighted by Gasteiger charge is -2.33. The van der Waals surface area contributed by atoms with E-state index in [2.05, 4.69) is 35.0 Å². The molecular formula is C27H31ClN2O4. The number of nitrogens with zero attached hydrogens (tertiary/aromatic N) is 2. The van der Waals surface area contributed by atoms with Crippen LogP contribution < -0.4 is 0 Å². The van der Waals surface area contributed by atoms with Gasteiger partial charge in [0, 0.05) is 36.4 Å². The van der Waals surface area contributed by atoms with Gasteiger partial charge in [0.2, 0.25) is 0 Å². The summed E-state index contributed by atoms with van der Waals surface area (Å²) in [6.07, 6.45) is 4.32. The van der Waals surface area contributed by atoms with Crippen molar-refractivity contribution in [3.63, 3.8) is 0 Å². The highest BCUT2D eigenvalue weighted by Gasteiger charge is 2.27. The van der Waals surface area contributed by atoms with Crippen LogP contribution in [-0.2, 0) is 17.7 Å². The summed E-state index contributed by atoms with van der Waals surface area (Å²) in [5.74, 6) is -0.469.